The average Bonchev–Trinajstić information content (AvgIpc) is 1.92. The molecule has 13 aromatic carbocycles. The van der Waals surface area contributed by atoms with Crippen molar-refractivity contribution in [3.63, 3.8) is 0 Å². The van der Waals surface area contributed by atoms with E-state index in [1.165, 1.54) is 121 Å². The highest BCUT2D eigenvalue weighted by Gasteiger charge is 2.48. The fourth-order valence-corrected chi connectivity index (χ4v) is 15.5. The summed E-state index contributed by atoms with van der Waals surface area (Å²) in [6.07, 6.45) is 0. The predicted octanol–water partition coefficient (Wildman–Crippen LogP) is 19.7. The SMILES string of the molecule is c1ccc(-n2c3ccc(-n4c5ccccc5c5cc6c(cc54)-c4ccccc4C6(c4ccccc4)c4ccccc4)cc3c3cc(-n4c5ccccc5c5cc6c(cc54)-c4ccccc4C6(c4ccccc4)c4ccccc4)ccc32)cc1. The van der Waals surface area contributed by atoms with Crippen molar-refractivity contribution in [1.82, 2.24) is 13.7 Å². The van der Waals surface area contributed by atoms with Gasteiger partial charge in [0.1, 0.15) is 0 Å². The van der Waals surface area contributed by atoms with Gasteiger partial charge in [-0.25, -0.2) is 0 Å². The summed E-state index contributed by atoms with van der Waals surface area (Å²) in [5.41, 5.74) is 24.8. The molecular weight excluding hydrogens is 1000 g/mol. The predicted molar refractivity (Wildman–Crippen MR) is 344 cm³/mol. The first-order chi connectivity index (χ1) is 41.2. The van der Waals surface area contributed by atoms with Crippen molar-refractivity contribution in [3.8, 4) is 39.3 Å². The van der Waals surface area contributed by atoms with Crippen LogP contribution in [0.3, 0.4) is 0 Å². The average molecular weight is 1050 g/mol. The Morgan fingerprint density at radius 1 is 0.181 bits per heavy atom. The van der Waals surface area contributed by atoms with Crippen LogP contribution in [0.2, 0.25) is 0 Å². The lowest BCUT2D eigenvalue weighted by Gasteiger charge is -2.34. The molecule has 2 aliphatic carbocycles. The van der Waals surface area contributed by atoms with E-state index in [2.05, 4.69) is 323 Å². The summed E-state index contributed by atoms with van der Waals surface area (Å²) < 4.78 is 7.48. The van der Waals surface area contributed by atoms with Gasteiger partial charge in [0.15, 0.2) is 0 Å². The summed E-state index contributed by atoms with van der Waals surface area (Å²) >= 11 is 0. The molecule has 0 amide bonds. The zero-order valence-electron chi connectivity index (χ0n) is 45.3. The topological polar surface area (TPSA) is 14.8 Å². The van der Waals surface area contributed by atoms with Gasteiger partial charge in [-0.05, 0) is 152 Å². The van der Waals surface area contributed by atoms with Crippen LogP contribution in [-0.4, -0.2) is 13.7 Å². The molecule has 0 N–H and O–H groups in total. The second-order valence-electron chi connectivity index (χ2n) is 22.7. The number of hydrogen-bond acceptors (Lipinski definition) is 0. The molecule has 0 saturated carbocycles. The highest BCUT2D eigenvalue weighted by atomic mass is 15.0. The molecule has 2 aliphatic rings. The van der Waals surface area contributed by atoms with Gasteiger partial charge in [-0.15, -0.1) is 0 Å². The van der Waals surface area contributed by atoms with Gasteiger partial charge in [0, 0.05) is 49.4 Å². The number of benzene rings is 13. The standard InChI is InChI=1S/C80H51N3/c1-6-24-52(25-7-1)79(53-26-8-2-9-27-53)69-38-20-16-34-59(69)63-50-77-67(48-71(63)79)61-36-18-22-40-73(61)82(77)57-42-44-75-65(46-57)66-47-58(43-45-76(66)81(75)56-32-14-5-15-33-56)83-74-41-23-19-37-62(74)68-49-72-64(51-78(68)83)60-35-17-21-39-70(60)80(72,54-28-10-3-11-29-54)55-30-12-4-13-31-55/h1-51H. The van der Waals surface area contributed by atoms with E-state index in [0.717, 1.165) is 28.1 Å². The largest absolute Gasteiger partial charge is 0.309 e. The van der Waals surface area contributed by atoms with Gasteiger partial charge < -0.3 is 13.7 Å². The molecule has 3 heteroatoms. The Balaban J connectivity index is 0.885. The van der Waals surface area contributed by atoms with Crippen LogP contribution >= 0.6 is 0 Å². The molecule has 0 spiro atoms. The number of para-hydroxylation sites is 3. The Hall–Kier alpha value is -10.7. The molecule has 3 nitrogen and oxygen atoms in total. The van der Waals surface area contributed by atoms with Gasteiger partial charge >= 0.3 is 0 Å². The van der Waals surface area contributed by atoms with Crippen molar-refractivity contribution < 1.29 is 0 Å². The first kappa shape index (κ1) is 46.1. The second kappa shape index (κ2) is 17.4. The molecule has 386 valence electrons. The Labute approximate surface area is 480 Å². The van der Waals surface area contributed by atoms with Crippen LogP contribution in [0, 0.1) is 0 Å². The second-order valence-corrected chi connectivity index (χ2v) is 22.7. The maximum atomic E-state index is 2.53. The third-order valence-corrected chi connectivity index (χ3v) is 18.8. The molecule has 0 fully saturated rings. The lowest BCUT2D eigenvalue weighted by molar-refractivity contribution is 0.769. The normalized spacial score (nSPS) is 13.7. The van der Waals surface area contributed by atoms with Gasteiger partial charge in [-0.3, -0.25) is 0 Å². The third-order valence-electron chi connectivity index (χ3n) is 18.8. The van der Waals surface area contributed by atoms with Gasteiger partial charge in [0.2, 0.25) is 0 Å². The number of hydrogen-bond donors (Lipinski definition) is 0. The molecular formula is C80H51N3. The van der Waals surface area contributed by atoms with E-state index in [9.17, 15) is 0 Å². The fourth-order valence-electron chi connectivity index (χ4n) is 15.5. The first-order valence-corrected chi connectivity index (χ1v) is 28.9. The lowest BCUT2D eigenvalue weighted by atomic mass is 9.67. The van der Waals surface area contributed by atoms with E-state index in [4.69, 9.17) is 0 Å². The van der Waals surface area contributed by atoms with Crippen molar-refractivity contribution in [2.24, 2.45) is 0 Å². The first-order valence-electron chi connectivity index (χ1n) is 28.9. The molecule has 83 heavy (non-hydrogen) atoms. The van der Waals surface area contributed by atoms with Crippen LogP contribution in [0.4, 0.5) is 0 Å². The maximum Gasteiger partial charge on any atom is 0.0713 e. The molecule has 0 bridgehead atoms. The zero-order chi connectivity index (χ0) is 54.4. The maximum absolute atomic E-state index is 2.53. The minimum absolute atomic E-state index is 0.502. The van der Waals surface area contributed by atoms with Crippen molar-refractivity contribution in [2.75, 3.05) is 0 Å². The van der Waals surface area contributed by atoms with Crippen LogP contribution in [-0.2, 0) is 10.8 Å². The highest BCUT2D eigenvalue weighted by Crippen LogP contribution is 2.59. The Bertz CT molecular complexity index is 4910. The van der Waals surface area contributed by atoms with E-state index in [1.54, 1.807) is 0 Å². The number of fused-ring (bicyclic) bond motifs is 15. The Morgan fingerprint density at radius 3 is 0.904 bits per heavy atom. The third kappa shape index (κ3) is 6.18. The molecule has 0 unspecified atom stereocenters. The van der Waals surface area contributed by atoms with Gasteiger partial charge in [-0.2, -0.15) is 0 Å². The fraction of sp³-hybridized carbons (Fsp3) is 0.0250. The van der Waals surface area contributed by atoms with E-state index < -0.39 is 10.8 Å². The summed E-state index contributed by atoms with van der Waals surface area (Å²) in [6, 6.07) is 116. The van der Waals surface area contributed by atoms with Crippen LogP contribution in [0.1, 0.15) is 44.5 Å². The van der Waals surface area contributed by atoms with Crippen molar-refractivity contribution >= 4 is 65.4 Å². The molecule has 0 aliphatic heterocycles. The summed E-state index contributed by atoms with van der Waals surface area (Å²) in [7, 11) is 0. The quantitative estimate of drug-likeness (QED) is 0.151. The van der Waals surface area contributed by atoms with Crippen molar-refractivity contribution in [2.45, 2.75) is 10.8 Å². The molecule has 3 heterocycles. The lowest BCUT2D eigenvalue weighted by Crippen LogP contribution is -2.28. The zero-order valence-corrected chi connectivity index (χ0v) is 45.3. The molecule has 18 rings (SSSR count). The molecule has 0 saturated heterocycles. The molecule has 0 atom stereocenters. The van der Waals surface area contributed by atoms with Crippen LogP contribution in [0.25, 0.3) is 105 Å². The minimum atomic E-state index is -0.502. The molecule has 3 aromatic heterocycles. The van der Waals surface area contributed by atoms with E-state index in [0.29, 0.717) is 0 Å². The number of rotatable bonds is 7. The summed E-state index contributed by atoms with van der Waals surface area (Å²) in [4.78, 5) is 0. The number of aromatic nitrogens is 3. The summed E-state index contributed by atoms with van der Waals surface area (Å²) in [5.74, 6) is 0. The van der Waals surface area contributed by atoms with Crippen molar-refractivity contribution in [1.29, 1.82) is 0 Å². The van der Waals surface area contributed by atoms with E-state index in [1.807, 2.05) is 0 Å². The van der Waals surface area contributed by atoms with E-state index >= 15 is 0 Å². The molecule has 16 aromatic rings. The Morgan fingerprint density at radius 2 is 0.494 bits per heavy atom. The summed E-state index contributed by atoms with van der Waals surface area (Å²) in [5, 5.41) is 7.33. The monoisotopic (exact) mass is 1050 g/mol. The smallest absolute Gasteiger partial charge is 0.0713 e. The highest BCUT2D eigenvalue weighted by molar-refractivity contribution is 6.16. The minimum Gasteiger partial charge on any atom is -0.309 e. The van der Waals surface area contributed by atoms with Crippen molar-refractivity contribution in [3.05, 3.63) is 354 Å². The van der Waals surface area contributed by atoms with E-state index in [-0.39, 0.29) is 0 Å². The summed E-state index contributed by atoms with van der Waals surface area (Å²) in [6.45, 7) is 0. The van der Waals surface area contributed by atoms with Crippen LogP contribution < -0.4 is 0 Å². The number of nitrogens with zero attached hydrogens (tertiary/aromatic N) is 3. The molecule has 0 radical (unpaired) electrons. The van der Waals surface area contributed by atoms with Crippen LogP contribution in [0.5, 0.6) is 0 Å². The van der Waals surface area contributed by atoms with Gasteiger partial charge in [0.25, 0.3) is 0 Å². The van der Waals surface area contributed by atoms with Gasteiger partial charge in [0.05, 0.1) is 43.9 Å². The van der Waals surface area contributed by atoms with Crippen LogP contribution in [0.15, 0.2) is 309 Å². The Kier molecular flexibility index (Phi) is 9.64. The van der Waals surface area contributed by atoms with Gasteiger partial charge in [-0.1, -0.05) is 224 Å².